The number of nitrogens with one attached hydrogen (secondary N) is 2. The first-order chi connectivity index (χ1) is 13.6. The summed E-state index contributed by atoms with van der Waals surface area (Å²) in [7, 11) is 1.78. The van der Waals surface area contributed by atoms with Crippen molar-refractivity contribution in [2.75, 3.05) is 39.8 Å². The van der Waals surface area contributed by atoms with Crippen LogP contribution in [0.25, 0.3) is 0 Å². The third-order valence-electron chi connectivity index (χ3n) is 5.13. The maximum absolute atomic E-state index is 11.2. The summed E-state index contributed by atoms with van der Waals surface area (Å²) in [5, 5.41) is 6.71. The van der Waals surface area contributed by atoms with E-state index in [9.17, 15) is 4.79 Å². The molecule has 1 aromatic rings. The lowest BCUT2D eigenvalue weighted by Crippen LogP contribution is -2.39. The molecule has 156 valence electrons. The minimum absolute atomic E-state index is 0.0696. The molecule has 28 heavy (non-hydrogen) atoms. The van der Waals surface area contributed by atoms with Crippen molar-refractivity contribution < 1.29 is 9.53 Å². The molecule has 0 radical (unpaired) electrons. The number of primary amides is 1. The highest BCUT2D eigenvalue weighted by molar-refractivity contribution is 5.79. The average Bonchev–Trinajstić information content (AvgIpc) is 2.71. The SMILES string of the molecule is CCOc1ccccc1CNC(=NC)NCCCCN1CCC(C(N)=O)CC1. The molecule has 1 fully saturated rings. The summed E-state index contributed by atoms with van der Waals surface area (Å²) in [4.78, 5) is 17.9. The van der Waals surface area contributed by atoms with Gasteiger partial charge in [0.25, 0.3) is 0 Å². The monoisotopic (exact) mass is 389 g/mol. The number of nitrogens with two attached hydrogens (primary N) is 1. The quantitative estimate of drug-likeness (QED) is 0.322. The highest BCUT2D eigenvalue weighted by Gasteiger charge is 2.22. The summed E-state index contributed by atoms with van der Waals surface area (Å²) in [6.07, 6.45) is 3.99. The van der Waals surface area contributed by atoms with Crippen molar-refractivity contribution in [1.29, 1.82) is 0 Å². The Kier molecular flexibility index (Phi) is 9.62. The number of carbonyl (C=O) groups excluding carboxylic acids is 1. The number of hydrogen-bond donors (Lipinski definition) is 3. The maximum atomic E-state index is 11.2. The average molecular weight is 390 g/mol. The molecule has 1 aromatic carbocycles. The van der Waals surface area contributed by atoms with Gasteiger partial charge in [-0.25, -0.2) is 0 Å². The molecule has 0 atom stereocenters. The summed E-state index contributed by atoms with van der Waals surface area (Å²) in [5.41, 5.74) is 6.51. The molecule has 0 spiro atoms. The van der Waals surface area contributed by atoms with Crippen LogP contribution in [0.2, 0.25) is 0 Å². The second-order valence-corrected chi connectivity index (χ2v) is 7.12. The van der Waals surface area contributed by atoms with Crippen molar-refractivity contribution in [2.45, 2.75) is 39.2 Å². The Morgan fingerprint density at radius 3 is 2.68 bits per heavy atom. The van der Waals surface area contributed by atoms with E-state index < -0.39 is 0 Å². The number of hydrogen-bond acceptors (Lipinski definition) is 4. The van der Waals surface area contributed by atoms with Crippen LogP contribution < -0.4 is 21.1 Å². The second kappa shape index (κ2) is 12.2. The maximum Gasteiger partial charge on any atom is 0.220 e. The second-order valence-electron chi connectivity index (χ2n) is 7.12. The van der Waals surface area contributed by atoms with Crippen LogP contribution in [0.1, 0.15) is 38.2 Å². The smallest absolute Gasteiger partial charge is 0.220 e. The largest absolute Gasteiger partial charge is 0.494 e. The van der Waals surface area contributed by atoms with E-state index in [1.54, 1.807) is 7.05 Å². The molecule has 7 heteroatoms. The summed E-state index contributed by atoms with van der Waals surface area (Å²) in [6.45, 7) is 7.22. The third kappa shape index (κ3) is 7.38. The topological polar surface area (TPSA) is 92.0 Å². The van der Waals surface area contributed by atoms with Crippen molar-refractivity contribution in [1.82, 2.24) is 15.5 Å². The number of carbonyl (C=O) groups is 1. The van der Waals surface area contributed by atoms with E-state index in [4.69, 9.17) is 10.5 Å². The fraction of sp³-hybridized carbons (Fsp3) is 0.619. The first-order valence-electron chi connectivity index (χ1n) is 10.3. The fourth-order valence-electron chi connectivity index (χ4n) is 3.45. The molecule has 4 N–H and O–H groups in total. The molecule has 0 unspecified atom stereocenters. The Morgan fingerprint density at radius 1 is 1.25 bits per heavy atom. The first-order valence-corrected chi connectivity index (χ1v) is 10.3. The Bertz CT molecular complexity index is 627. The standard InChI is InChI=1S/C21H35N5O2/c1-3-28-19-9-5-4-8-18(19)16-25-21(23-2)24-12-6-7-13-26-14-10-17(11-15-26)20(22)27/h4-5,8-9,17H,3,6-7,10-16H2,1-2H3,(H2,22,27)(H2,23,24,25). The van der Waals surface area contributed by atoms with Crippen LogP contribution in [-0.2, 0) is 11.3 Å². The van der Waals surface area contributed by atoms with E-state index in [0.29, 0.717) is 13.2 Å². The van der Waals surface area contributed by atoms with Crippen molar-refractivity contribution in [2.24, 2.45) is 16.6 Å². The predicted molar refractivity (Wildman–Crippen MR) is 113 cm³/mol. The number of amides is 1. The van der Waals surface area contributed by atoms with Crippen molar-refractivity contribution in [3.05, 3.63) is 29.8 Å². The molecular formula is C21H35N5O2. The van der Waals surface area contributed by atoms with Gasteiger partial charge in [-0.3, -0.25) is 9.79 Å². The number of benzene rings is 1. The zero-order valence-corrected chi connectivity index (χ0v) is 17.2. The zero-order chi connectivity index (χ0) is 20.2. The van der Waals surface area contributed by atoms with E-state index in [1.807, 2.05) is 25.1 Å². The number of ether oxygens (including phenoxy) is 1. The summed E-state index contributed by atoms with van der Waals surface area (Å²) in [6, 6.07) is 8.05. The van der Waals surface area contributed by atoms with Gasteiger partial charge in [-0.2, -0.15) is 0 Å². The number of likely N-dealkylation sites (tertiary alicyclic amines) is 1. The number of aliphatic imine (C=N–C) groups is 1. The van der Waals surface area contributed by atoms with Gasteiger partial charge in [-0.05, 0) is 58.3 Å². The lowest BCUT2D eigenvalue weighted by atomic mass is 9.96. The Morgan fingerprint density at radius 2 is 2.00 bits per heavy atom. The van der Waals surface area contributed by atoms with Gasteiger partial charge in [0.1, 0.15) is 5.75 Å². The molecule has 0 aliphatic carbocycles. The number of guanidine groups is 1. The summed E-state index contributed by atoms with van der Waals surface area (Å²) >= 11 is 0. The van der Waals surface area contributed by atoms with Crippen LogP contribution in [0.3, 0.4) is 0 Å². The lowest BCUT2D eigenvalue weighted by molar-refractivity contribution is -0.123. The van der Waals surface area contributed by atoms with E-state index in [2.05, 4.69) is 26.6 Å². The van der Waals surface area contributed by atoms with Crippen LogP contribution in [0.15, 0.2) is 29.3 Å². The molecular weight excluding hydrogens is 354 g/mol. The number of rotatable bonds is 10. The molecule has 1 heterocycles. The molecule has 1 saturated heterocycles. The fourth-order valence-corrected chi connectivity index (χ4v) is 3.45. The highest BCUT2D eigenvalue weighted by atomic mass is 16.5. The van der Waals surface area contributed by atoms with Gasteiger partial charge in [0.05, 0.1) is 6.61 Å². The molecule has 1 amide bonds. The van der Waals surface area contributed by atoms with E-state index >= 15 is 0 Å². The number of unbranched alkanes of at least 4 members (excludes halogenated alkanes) is 1. The van der Waals surface area contributed by atoms with Gasteiger partial charge in [-0.15, -0.1) is 0 Å². The highest BCUT2D eigenvalue weighted by Crippen LogP contribution is 2.18. The number of piperidine rings is 1. The summed E-state index contributed by atoms with van der Waals surface area (Å²) in [5.74, 6) is 1.63. The van der Waals surface area contributed by atoms with E-state index in [1.165, 1.54) is 0 Å². The van der Waals surface area contributed by atoms with Gasteiger partial charge in [0.15, 0.2) is 5.96 Å². The van der Waals surface area contributed by atoms with Gasteiger partial charge in [0.2, 0.25) is 5.91 Å². The van der Waals surface area contributed by atoms with Crippen molar-refractivity contribution >= 4 is 11.9 Å². The van der Waals surface area contributed by atoms with Crippen molar-refractivity contribution in [3.63, 3.8) is 0 Å². The number of para-hydroxylation sites is 1. The Hall–Kier alpha value is -2.28. The Balaban J connectivity index is 1.61. The predicted octanol–water partition coefficient (Wildman–Crippen LogP) is 1.73. The van der Waals surface area contributed by atoms with E-state index in [-0.39, 0.29) is 11.8 Å². The van der Waals surface area contributed by atoms with Crippen LogP contribution in [0.4, 0.5) is 0 Å². The molecule has 7 nitrogen and oxygen atoms in total. The van der Waals surface area contributed by atoms with Crippen LogP contribution >= 0.6 is 0 Å². The van der Waals surface area contributed by atoms with Crippen LogP contribution in [-0.4, -0.2) is 56.6 Å². The zero-order valence-electron chi connectivity index (χ0n) is 17.2. The minimum Gasteiger partial charge on any atom is -0.494 e. The minimum atomic E-state index is -0.147. The number of nitrogens with zero attached hydrogens (tertiary/aromatic N) is 2. The Labute approximate surface area is 168 Å². The molecule has 0 bridgehead atoms. The first kappa shape index (κ1) is 22.0. The third-order valence-corrected chi connectivity index (χ3v) is 5.13. The lowest BCUT2D eigenvalue weighted by Gasteiger charge is -2.30. The molecule has 0 saturated carbocycles. The summed E-state index contributed by atoms with van der Waals surface area (Å²) < 4.78 is 5.66. The van der Waals surface area contributed by atoms with Gasteiger partial charge in [0, 0.05) is 31.6 Å². The van der Waals surface area contributed by atoms with Gasteiger partial charge in [-0.1, -0.05) is 18.2 Å². The van der Waals surface area contributed by atoms with Crippen LogP contribution in [0.5, 0.6) is 5.75 Å². The van der Waals surface area contributed by atoms with Gasteiger partial charge < -0.3 is 26.0 Å². The normalized spacial score (nSPS) is 16.0. The van der Waals surface area contributed by atoms with Crippen molar-refractivity contribution in [3.8, 4) is 5.75 Å². The molecule has 1 aliphatic rings. The molecule has 1 aliphatic heterocycles. The molecule has 2 rings (SSSR count). The molecule has 0 aromatic heterocycles. The van der Waals surface area contributed by atoms with Crippen LogP contribution in [0, 0.1) is 5.92 Å². The van der Waals surface area contributed by atoms with Gasteiger partial charge >= 0.3 is 0 Å². The van der Waals surface area contributed by atoms with E-state index in [0.717, 1.165) is 69.1 Å².